The highest BCUT2D eigenvalue weighted by Crippen LogP contribution is 2.29. The number of nitriles is 1. The maximum atomic E-state index is 15.1. The lowest BCUT2D eigenvalue weighted by Crippen LogP contribution is -2.33. The van der Waals surface area contributed by atoms with Gasteiger partial charge in [0.05, 0.1) is 18.8 Å². The van der Waals surface area contributed by atoms with Gasteiger partial charge in [0.25, 0.3) is 0 Å². The predicted octanol–water partition coefficient (Wildman–Crippen LogP) is 5.23. The molecule has 0 atom stereocenters. The van der Waals surface area contributed by atoms with E-state index in [2.05, 4.69) is 0 Å². The van der Waals surface area contributed by atoms with Crippen molar-refractivity contribution in [3.63, 3.8) is 0 Å². The molecule has 31 heavy (non-hydrogen) atoms. The first-order valence-corrected chi connectivity index (χ1v) is 10.3. The minimum atomic E-state index is -0.550. The number of benzene rings is 3. The van der Waals surface area contributed by atoms with Gasteiger partial charge in [-0.3, -0.25) is 0 Å². The van der Waals surface area contributed by atoms with Crippen LogP contribution < -0.4 is 0 Å². The first-order chi connectivity index (χ1) is 15.1. The molecule has 1 fully saturated rings. The summed E-state index contributed by atoms with van der Waals surface area (Å²) < 4.78 is 45.9. The SMILES string of the molecule is CCOC1COC(c2ccc3c(F)c(CCc4ccc(C#N)c(F)c4)ccc3c2)OC1. The van der Waals surface area contributed by atoms with E-state index in [0.29, 0.717) is 43.6 Å². The molecule has 1 aliphatic rings. The number of aryl methyl sites for hydroxylation is 2. The monoisotopic (exact) mass is 423 g/mol. The van der Waals surface area contributed by atoms with Crippen LogP contribution in [0, 0.1) is 23.0 Å². The molecule has 0 spiro atoms. The molecule has 1 heterocycles. The third-order valence-corrected chi connectivity index (χ3v) is 5.44. The van der Waals surface area contributed by atoms with Crippen molar-refractivity contribution in [1.82, 2.24) is 0 Å². The second kappa shape index (κ2) is 9.52. The Hall–Kier alpha value is -2.85. The lowest BCUT2D eigenvalue weighted by Gasteiger charge is -2.29. The topological polar surface area (TPSA) is 51.5 Å². The summed E-state index contributed by atoms with van der Waals surface area (Å²) in [6.45, 7) is 3.46. The summed E-state index contributed by atoms with van der Waals surface area (Å²) >= 11 is 0. The molecule has 0 radical (unpaired) electrons. The van der Waals surface area contributed by atoms with Crippen LogP contribution in [0.1, 0.15) is 35.5 Å². The van der Waals surface area contributed by atoms with Crippen molar-refractivity contribution in [2.75, 3.05) is 19.8 Å². The Morgan fingerprint density at radius 1 is 1.03 bits per heavy atom. The highest BCUT2D eigenvalue weighted by Gasteiger charge is 2.24. The molecule has 1 saturated heterocycles. The maximum absolute atomic E-state index is 15.1. The van der Waals surface area contributed by atoms with Crippen LogP contribution >= 0.6 is 0 Å². The van der Waals surface area contributed by atoms with E-state index in [1.807, 2.05) is 25.1 Å². The van der Waals surface area contributed by atoms with Gasteiger partial charge < -0.3 is 14.2 Å². The summed E-state index contributed by atoms with van der Waals surface area (Å²) in [5, 5.41) is 10.1. The van der Waals surface area contributed by atoms with Crippen molar-refractivity contribution in [1.29, 1.82) is 5.26 Å². The minimum absolute atomic E-state index is 0.00998. The van der Waals surface area contributed by atoms with E-state index in [4.69, 9.17) is 19.5 Å². The molecular formula is C25H23F2NO3. The van der Waals surface area contributed by atoms with Gasteiger partial charge in [0.15, 0.2) is 6.29 Å². The number of nitrogens with zero attached hydrogens (tertiary/aromatic N) is 1. The molecule has 0 saturated carbocycles. The number of rotatable bonds is 6. The van der Waals surface area contributed by atoms with Crippen LogP contribution in [-0.2, 0) is 27.1 Å². The summed E-state index contributed by atoms with van der Waals surface area (Å²) in [6.07, 6.45) is 0.359. The molecule has 0 amide bonds. The average Bonchev–Trinajstić information content (AvgIpc) is 2.79. The Morgan fingerprint density at radius 3 is 2.55 bits per heavy atom. The summed E-state index contributed by atoms with van der Waals surface area (Å²) in [6, 6.07) is 15.4. The van der Waals surface area contributed by atoms with Crippen molar-refractivity contribution < 1.29 is 23.0 Å². The molecule has 160 valence electrons. The lowest BCUT2D eigenvalue weighted by atomic mass is 9.98. The average molecular weight is 423 g/mol. The van der Waals surface area contributed by atoms with E-state index in [-0.39, 0.29) is 17.5 Å². The van der Waals surface area contributed by atoms with Gasteiger partial charge in [-0.15, -0.1) is 0 Å². The number of halogens is 2. The maximum Gasteiger partial charge on any atom is 0.184 e. The summed E-state index contributed by atoms with van der Waals surface area (Å²) in [7, 11) is 0. The zero-order valence-corrected chi connectivity index (χ0v) is 17.2. The van der Waals surface area contributed by atoms with Crippen LogP contribution in [0.15, 0.2) is 48.5 Å². The smallest absolute Gasteiger partial charge is 0.184 e. The second-order valence-corrected chi connectivity index (χ2v) is 7.52. The van der Waals surface area contributed by atoms with Gasteiger partial charge in [-0.25, -0.2) is 8.78 Å². The molecular weight excluding hydrogens is 400 g/mol. The fourth-order valence-electron chi connectivity index (χ4n) is 3.79. The van der Waals surface area contributed by atoms with E-state index in [0.717, 1.165) is 16.5 Å². The first kappa shape index (κ1) is 21.4. The third-order valence-electron chi connectivity index (χ3n) is 5.44. The molecule has 1 aliphatic heterocycles. The van der Waals surface area contributed by atoms with E-state index in [1.54, 1.807) is 24.3 Å². The quantitative estimate of drug-likeness (QED) is 0.545. The summed E-state index contributed by atoms with van der Waals surface area (Å²) in [5.41, 5.74) is 2.14. The van der Waals surface area contributed by atoms with E-state index in [1.165, 1.54) is 12.1 Å². The highest BCUT2D eigenvalue weighted by atomic mass is 19.1. The predicted molar refractivity (Wildman–Crippen MR) is 112 cm³/mol. The fourth-order valence-corrected chi connectivity index (χ4v) is 3.79. The highest BCUT2D eigenvalue weighted by molar-refractivity contribution is 5.84. The normalized spacial score (nSPS) is 18.8. The largest absolute Gasteiger partial charge is 0.374 e. The van der Waals surface area contributed by atoms with Crippen molar-refractivity contribution in [3.8, 4) is 6.07 Å². The fraction of sp³-hybridized carbons (Fsp3) is 0.320. The minimum Gasteiger partial charge on any atom is -0.374 e. The Balaban J connectivity index is 1.47. The van der Waals surface area contributed by atoms with Crippen LogP contribution in [0.5, 0.6) is 0 Å². The zero-order valence-electron chi connectivity index (χ0n) is 17.2. The Labute approximate surface area is 180 Å². The van der Waals surface area contributed by atoms with Gasteiger partial charge in [0.1, 0.15) is 23.8 Å². The molecule has 3 aromatic carbocycles. The van der Waals surface area contributed by atoms with Gasteiger partial charge in [0, 0.05) is 17.6 Å². The van der Waals surface area contributed by atoms with Gasteiger partial charge in [-0.2, -0.15) is 5.26 Å². The van der Waals surface area contributed by atoms with Crippen LogP contribution in [0.3, 0.4) is 0 Å². The van der Waals surface area contributed by atoms with Crippen LogP contribution in [0.4, 0.5) is 8.78 Å². The Kier molecular flexibility index (Phi) is 6.57. The molecule has 3 aromatic rings. The van der Waals surface area contributed by atoms with E-state index >= 15 is 4.39 Å². The van der Waals surface area contributed by atoms with E-state index < -0.39 is 12.1 Å². The van der Waals surface area contributed by atoms with Crippen molar-refractivity contribution in [2.24, 2.45) is 0 Å². The van der Waals surface area contributed by atoms with Crippen molar-refractivity contribution in [3.05, 3.63) is 82.4 Å². The lowest BCUT2D eigenvalue weighted by molar-refractivity contribution is -0.229. The molecule has 0 unspecified atom stereocenters. The first-order valence-electron chi connectivity index (χ1n) is 10.3. The Bertz CT molecular complexity index is 1120. The number of hydrogen-bond donors (Lipinski definition) is 0. The van der Waals surface area contributed by atoms with Gasteiger partial charge >= 0.3 is 0 Å². The summed E-state index contributed by atoms with van der Waals surface area (Å²) in [5.74, 6) is -0.828. The number of fused-ring (bicyclic) bond motifs is 1. The molecule has 4 nitrogen and oxygen atoms in total. The van der Waals surface area contributed by atoms with Gasteiger partial charge in [0.2, 0.25) is 0 Å². The molecule has 0 aliphatic carbocycles. The van der Waals surface area contributed by atoms with Crippen LogP contribution in [0.25, 0.3) is 10.8 Å². The molecule has 0 bridgehead atoms. The number of ether oxygens (including phenoxy) is 3. The summed E-state index contributed by atoms with van der Waals surface area (Å²) in [4.78, 5) is 0. The number of hydrogen-bond acceptors (Lipinski definition) is 4. The van der Waals surface area contributed by atoms with Crippen LogP contribution in [-0.4, -0.2) is 25.9 Å². The van der Waals surface area contributed by atoms with E-state index in [9.17, 15) is 4.39 Å². The molecule has 0 N–H and O–H groups in total. The molecule has 0 aromatic heterocycles. The van der Waals surface area contributed by atoms with Crippen molar-refractivity contribution >= 4 is 10.8 Å². The standard InChI is InChI=1S/C25H23F2NO3/c1-2-29-21-14-30-25(31-15-21)19-9-10-22-18(12-19)8-7-17(24(22)27)5-3-16-4-6-20(13-28)23(26)11-16/h4,6-12,21,25H,2-3,5,14-15H2,1H3. The molecule has 4 rings (SSSR count). The zero-order chi connectivity index (χ0) is 21.8. The molecule has 6 heteroatoms. The van der Waals surface area contributed by atoms with Crippen molar-refractivity contribution in [2.45, 2.75) is 32.2 Å². The van der Waals surface area contributed by atoms with Gasteiger partial charge in [-0.1, -0.05) is 30.3 Å². The van der Waals surface area contributed by atoms with Crippen LogP contribution in [0.2, 0.25) is 0 Å². The third kappa shape index (κ3) is 4.75. The van der Waals surface area contributed by atoms with Gasteiger partial charge in [-0.05, 0) is 54.5 Å². The Morgan fingerprint density at radius 2 is 1.84 bits per heavy atom. The second-order valence-electron chi connectivity index (χ2n) is 7.52.